The first-order valence-corrected chi connectivity index (χ1v) is 6.87. The van der Waals surface area contributed by atoms with E-state index in [0.29, 0.717) is 11.6 Å². The smallest absolute Gasteiger partial charge is 0.188 e. The standard InChI is InChI=1S/C17H17ClO2/c1-12-7-8-15(13(2)9-12)17(19)11-20-10-14-5-3-4-6-16(14)18/h3-9H,10-11H2,1-2H3. The fraction of sp³-hybridized carbons (Fsp3) is 0.235. The minimum atomic E-state index is -0.00504. The minimum Gasteiger partial charge on any atom is -0.369 e. The number of ketones is 1. The van der Waals surface area contributed by atoms with Gasteiger partial charge in [-0.1, -0.05) is 53.6 Å². The second-order valence-electron chi connectivity index (χ2n) is 4.83. The van der Waals surface area contributed by atoms with E-state index in [1.54, 1.807) is 0 Å². The number of halogens is 1. The van der Waals surface area contributed by atoms with Crippen molar-refractivity contribution in [3.05, 3.63) is 69.7 Å². The molecule has 0 aliphatic rings. The normalized spacial score (nSPS) is 10.6. The van der Waals surface area contributed by atoms with Crippen LogP contribution >= 0.6 is 11.6 Å². The summed E-state index contributed by atoms with van der Waals surface area (Å²) in [6.45, 7) is 4.36. The summed E-state index contributed by atoms with van der Waals surface area (Å²) in [5.74, 6) is -0.00504. The van der Waals surface area contributed by atoms with E-state index in [-0.39, 0.29) is 12.4 Å². The van der Waals surface area contributed by atoms with Gasteiger partial charge in [-0.3, -0.25) is 4.79 Å². The summed E-state index contributed by atoms with van der Waals surface area (Å²) < 4.78 is 5.47. The Labute approximate surface area is 124 Å². The van der Waals surface area contributed by atoms with Crippen molar-refractivity contribution in [2.24, 2.45) is 0 Å². The zero-order valence-corrected chi connectivity index (χ0v) is 12.4. The molecule has 0 amide bonds. The van der Waals surface area contributed by atoms with Gasteiger partial charge in [-0.25, -0.2) is 0 Å². The van der Waals surface area contributed by atoms with E-state index in [1.165, 1.54) is 0 Å². The molecule has 0 heterocycles. The molecule has 0 fully saturated rings. The largest absolute Gasteiger partial charge is 0.369 e. The number of aryl methyl sites for hydroxylation is 2. The Hall–Kier alpha value is -1.64. The van der Waals surface area contributed by atoms with Crippen LogP contribution in [0.5, 0.6) is 0 Å². The van der Waals surface area contributed by atoms with Gasteiger partial charge >= 0.3 is 0 Å². The van der Waals surface area contributed by atoms with E-state index in [0.717, 1.165) is 22.3 Å². The maximum atomic E-state index is 12.1. The fourth-order valence-electron chi connectivity index (χ4n) is 2.07. The Kier molecular flexibility index (Phi) is 4.94. The van der Waals surface area contributed by atoms with Crippen molar-refractivity contribution in [2.45, 2.75) is 20.5 Å². The summed E-state index contributed by atoms with van der Waals surface area (Å²) in [6, 6.07) is 13.3. The van der Waals surface area contributed by atoms with Gasteiger partial charge in [0.05, 0.1) is 6.61 Å². The van der Waals surface area contributed by atoms with Crippen LogP contribution in [0.25, 0.3) is 0 Å². The van der Waals surface area contributed by atoms with Crippen LogP contribution in [0.2, 0.25) is 5.02 Å². The van der Waals surface area contributed by atoms with E-state index >= 15 is 0 Å². The van der Waals surface area contributed by atoms with Crippen LogP contribution in [0, 0.1) is 13.8 Å². The van der Waals surface area contributed by atoms with Crippen LogP contribution in [0.1, 0.15) is 27.0 Å². The molecule has 0 bridgehead atoms. The quantitative estimate of drug-likeness (QED) is 0.764. The SMILES string of the molecule is Cc1ccc(C(=O)COCc2ccccc2Cl)c(C)c1. The van der Waals surface area contributed by atoms with Gasteiger partial charge in [-0.15, -0.1) is 0 Å². The van der Waals surface area contributed by atoms with Gasteiger partial charge in [0.2, 0.25) is 0 Å². The minimum absolute atomic E-state index is 0.00504. The van der Waals surface area contributed by atoms with Gasteiger partial charge in [-0.2, -0.15) is 0 Å². The lowest BCUT2D eigenvalue weighted by molar-refractivity contribution is 0.0726. The molecule has 0 radical (unpaired) electrons. The lowest BCUT2D eigenvalue weighted by Crippen LogP contribution is -2.10. The topological polar surface area (TPSA) is 26.3 Å². The molecule has 0 aromatic heterocycles. The molecular formula is C17H17ClO2. The molecule has 2 aromatic rings. The molecule has 0 aliphatic heterocycles. The third kappa shape index (κ3) is 3.69. The van der Waals surface area contributed by atoms with Crippen molar-refractivity contribution in [3.8, 4) is 0 Å². The summed E-state index contributed by atoms with van der Waals surface area (Å²) >= 11 is 6.03. The summed E-state index contributed by atoms with van der Waals surface area (Å²) in [5.41, 5.74) is 3.74. The summed E-state index contributed by atoms with van der Waals surface area (Å²) in [4.78, 5) is 12.1. The lowest BCUT2D eigenvalue weighted by atomic mass is 10.0. The van der Waals surface area contributed by atoms with Gasteiger partial charge in [0.15, 0.2) is 5.78 Å². The van der Waals surface area contributed by atoms with Crippen LogP contribution in [-0.2, 0) is 11.3 Å². The molecule has 0 N–H and O–H groups in total. The number of carbonyl (C=O) groups excluding carboxylic acids is 1. The van der Waals surface area contributed by atoms with Crippen molar-refractivity contribution < 1.29 is 9.53 Å². The number of hydrogen-bond donors (Lipinski definition) is 0. The molecule has 0 saturated carbocycles. The van der Waals surface area contributed by atoms with Crippen LogP contribution in [0.3, 0.4) is 0 Å². The predicted molar refractivity (Wildman–Crippen MR) is 81.4 cm³/mol. The fourth-order valence-corrected chi connectivity index (χ4v) is 2.26. The third-order valence-electron chi connectivity index (χ3n) is 3.13. The Morgan fingerprint density at radius 2 is 1.90 bits per heavy atom. The summed E-state index contributed by atoms with van der Waals surface area (Å²) in [6.07, 6.45) is 0. The Balaban J connectivity index is 1.94. The Morgan fingerprint density at radius 1 is 1.15 bits per heavy atom. The molecule has 0 spiro atoms. The van der Waals surface area contributed by atoms with E-state index in [1.807, 2.05) is 56.3 Å². The van der Waals surface area contributed by atoms with Crippen molar-refractivity contribution in [2.75, 3.05) is 6.61 Å². The van der Waals surface area contributed by atoms with Crippen molar-refractivity contribution in [1.82, 2.24) is 0 Å². The molecule has 0 saturated heterocycles. The van der Waals surface area contributed by atoms with Crippen LogP contribution in [0.4, 0.5) is 0 Å². The van der Waals surface area contributed by atoms with E-state index in [9.17, 15) is 4.79 Å². The average molecular weight is 289 g/mol. The third-order valence-corrected chi connectivity index (χ3v) is 3.50. The molecule has 2 rings (SSSR count). The number of carbonyl (C=O) groups is 1. The van der Waals surface area contributed by atoms with Gasteiger partial charge in [0.25, 0.3) is 0 Å². The van der Waals surface area contributed by atoms with Gasteiger partial charge < -0.3 is 4.74 Å². The first-order valence-electron chi connectivity index (χ1n) is 6.49. The predicted octanol–water partition coefficient (Wildman–Crippen LogP) is 4.36. The molecule has 0 atom stereocenters. The van der Waals surface area contributed by atoms with Crippen molar-refractivity contribution >= 4 is 17.4 Å². The molecule has 3 heteroatoms. The van der Waals surface area contributed by atoms with Crippen LogP contribution in [0.15, 0.2) is 42.5 Å². The highest BCUT2D eigenvalue weighted by Gasteiger charge is 2.09. The number of hydrogen-bond acceptors (Lipinski definition) is 2. The maximum absolute atomic E-state index is 12.1. The second kappa shape index (κ2) is 6.69. The van der Waals surface area contributed by atoms with Crippen molar-refractivity contribution in [1.29, 1.82) is 0 Å². The number of ether oxygens (including phenoxy) is 1. The monoisotopic (exact) mass is 288 g/mol. The van der Waals surface area contributed by atoms with E-state index in [4.69, 9.17) is 16.3 Å². The van der Waals surface area contributed by atoms with Gasteiger partial charge in [0, 0.05) is 10.6 Å². The lowest BCUT2D eigenvalue weighted by Gasteiger charge is -2.08. The molecule has 104 valence electrons. The van der Waals surface area contributed by atoms with Gasteiger partial charge in [0.1, 0.15) is 6.61 Å². The maximum Gasteiger partial charge on any atom is 0.188 e. The molecule has 2 aromatic carbocycles. The van der Waals surface area contributed by atoms with Gasteiger partial charge in [-0.05, 0) is 31.0 Å². The van der Waals surface area contributed by atoms with Crippen LogP contribution < -0.4 is 0 Å². The zero-order valence-electron chi connectivity index (χ0n) is 11.7. The molecular weight excluding hydrogens is 272 g/mol. The molecule has 0 aliphatic carbocycles. The number of benzene rings is 2. The average Bonchev–Trinajstić information content (AvgIpc) is 2.40. The van der Waals surface area contributed by atoms with E-state index in [2.05, 4.69) is 0 Å². The Bertz CT molecular complexity index is 620. The first kappa shape index (κ1) is 14.8. The zero-order chi connectivity index (χ0) is 14.5. The first-order chi connectivity index (χ1) is 9.58. The number of rotatable bonds is 5. The van der Waals surface area contributed by atoms with Crippen molar-refractivity contribution in [3.63, 3.8) is 0 Å². The van der Waals surface area contributed by atoms with Crippen LogP contribution in [-0.4, -0.2) is 12.4 Å². The summed E-state index contributed by atoms with van der Waals surface area (Å²) in [7, 11) is 0. The molecule has 2 nitrogen and oxygen atoms in total. The highest BCUT2D eigenvalue weighted by Crippen LogP contribution is 2.16. The molecule has 20 heavy (non-hydrogen) atoms. The Morgan fingerprint density at radius 3 is 2.60 bits per heavy atom. The number of Topliss-reactive ketones (excluding diaryl/α,β-unsaturated/α-hetero) is 1. The second-order valence-corrected chi connectivity index (χ2v) is 5.23. The highest BCUT2D eigenvalue weighted by atomic mass is 35.5. The molecule has 0 unspecified atom stereocenters. The summed E-state index contributed by atoms with van der Waals surface area (Å²) in [5, 5.41) is 0.659. The van der Waals surface area contributed by atoms with E-state index < -0.39 is 0 Å². The highest BCUT2D eigenvalue weighted by molar-refractivity contribution is 6.31.